The first kappa shape index (κ1) is 12.1. The quantitative estimate of drug-likeness (QED) is 0.860. The molecule has 0 radical (unpaired) electrons. The standard InChI is InChI=1S/C14H20N2O/c1-11-3-5-13(6-4-11)14(17)15-9-12-7-8-16(2)10-12/h3-6,12H,7-10H2,1-2H3,(H,15,17). The second-order valence-electron chi connectivity index (χ2n) is 4.99. The van der Waals surface area contributed by atoms with Crippen molar-refractivity contribution in [2.45, 2.75) is 13.3 Å². The zero-order valence-corrected chi connectivity index (χ0v) is 10.6. The van der Waals surface area contributed by atoms with Crippen molar-refractivity contribution in [2.24, 2.45) is 5.92 Å². The molecule has 1 atom stereocenters. The van der Waals surface area contributed by atoms with E-state index in [1.165, 1.54) is 12.0 Å². The molecule has 1 aromatic carbocycles. The Balaban J connectivity index is 1.83. The molecular formula is C14H20N2O. The third-order valence-electron chi connectivity index (χ3n) is 3.35. The van der Waals surface area contributed by atoms with Crippen LogP contribution in [0.3, 0.4) is 0 Å². The molecule has 3 heteroatoms. The zero-order valence-electron chi connectivity index (χ0n) is 10.6. The average Bonchev–Trinajstić information content (AvgIpc) is 2.73. The summed E-state index contributed by atoms with van der Waals surface area (Å²) in [5, 5.41) is 3.02. The van der Waals surface area contributed by atoms with Crippen LogP contribution in [0.4, 0.5) is 0 Å². The molecule has 92 valence electrons. The number of carbonyl (C=O) groups excluding carboxylic acids is 1. The van der Waals surface area contributed by atoms with Crippen molar-refractivity contribution in [3.05, 3.63) is 35.4 Å². The predicted octanol–water partition coefficient (Wildman–Crippen LogP) is 1.68. The summed E-state index contributed by atoms with van der Waals surface area (Å²) in [6.45, 7) is 5.05. The van der Waals surface area contributed by atoms with Crippen molar-refractivity contribution in [3.63, 3.8) is 0 Å². The molecule has 1 aliphatic heterocycles. The fourth-order valence-electron chi connectivity index (χ4n) is 2.24. The highest BCUT2D eigenvalue weighted by Crippen LogP contribution is 2.13. The zero-order chi connectivity index (χ0) is 12.3. The van der Waals surface area contributed by atoms with E-state index < -0.39 is 0 Å². The van der Waals surface area contributed by atoms with E-state index in [1.54, 1.807) is 0 Å². The Morgan fingerprint density at radius 1 is 1.41 bits per heavy atom. The van der Waals surface area contributed by atoms with Crippen molar-refractivity contribution >= 4 is 5.91 Å². The van der Waals surface area contributed by atoms with Gasteiger partial charge in [-0.1, -0.05) is 17.7 Å². The Bertz CT molecular complexity index is 386. The monoisotopic (exact) mass is 232 g/mol. The van der Waals surface area contributed by atoms with Gasteiger partial charge in [-0.2, -0.15) is 0 Å². The first-order chi connectivity index (χ1) is 8.15. The van der Waals surface area contributed by atoms with Gasteiger partial charge in [0, 0.05) is 18.7 Å². The maximum absolute atomic E-state index is 11.9. The van der Waals surface area contributed by atoms with Crippen LogP contribution in [0.15, 0.2) is 24.3 Å². The summed E-state index contributed by atoms with van der Waals surface area (Å²) in [5.41, 5.74) is 1.93. The summed E-state index contributed by atoms with van der Waals surface area (Å²) in [4.78, 5) is 14.2. The number of nitrogens with one attached hydrogen (secondary N) is 1. The highest BCUT2D eigenvalue weighted by Gasteiger charge is 2.19. The Kier molecular flexibility index (Phi) is 3.79. The van der Waals surface area contributed by atoms with E-state index in [9.17, 15) is 4.79 Å². The minimum Gasteiger partial charge on any atom is -0.352 e. The fraction of sp³-hybridized carbons (Fsp3) is 0.500. The van der Waals surface area contributed by atoms with E-state index in [4.69, 9.17) is 0 Å². The van der Waals surface area contributed by atoms with E-state index in [2.05, 4.69) is 17.3 Å². The lowest BCUT2D eigenvalue weighted by atomic mass is 10.1. The number of likely N-dealkylation sites (tertiary alicyclic amines) is 1. The van der Waals surface area contributed by atoms with Gasteiger partial charge in [0.2, 0.25) is 0 Å². The largest absolute Gasteiger partial charge is 0.352 e. The highest BCUT2D eigenvalue weighted by atomic mass is 16.1. The van der Waals surface area contributed by atoms with Crippen molar-refractivity contribution in [1.29, 1.82) is 0 Å². The Morgan fingerprint density at radius 2 is 2.12 bits per heavy atom. The second-order valence-corrected chi connectivity index (χ2v) is 4.99. The van der Waals surface area contributed by atoms with Gasteiger partial charge in [-0.15, -0.1) is 0 Å². The number of hydrogen-bond acceptors (Lipinski definition) is 2. The van der Waals surface area contributed by atoms with Crippen LogP contribution in [0.5, 0.6) is 0 Å². The first-order valence-corrected chi connectivity index (χ1v) is 6.18. The average molecular weight is 232 g/mol. The van der Waals surface area contributed by atoms with Crippen molar-refractivity contribution in [1.82, 2.24) is 10.2 Å². The number of carbonyl (C=O) groups is 1. The smallest absolute Gasteiger partial charge is 0.251 e. The minimum absolute atomic E-state index is 0.0413. The highest BCUT2D eigenvalue weighted by molar-refractivity contribution is 5.94. The molecule has 1 aromatic rings. The molecule has 1 saturated heterocycles. The van der Waals surface area contributed by atoms with Crippen LogP contribution >= 0.6 is 0 Å². The number of hydrogen-bond donors (Lipinski definition) is 1. The summed E-state index contributed by atoms with van der Waals surface area (Å²) in [6, 6.07) is 7.70. The van der Waals surface area contributed by atoms with E-state index >= 15 is 0 Å². The molecule has 1 amide bonds. The van der Waals surface area contributed by atoms with Crippen LogP contribution in [0.2, 0.25) is 0 Å². The lowest BCUT2D eigenvalue weighted by molar-refractivity contribution is 0.0947. The summed E-state index contributed by atoms with van der Waals surface area (Å²) < 4.78 is 0. The van der Waals surface area contributed by atoms with Crippen LogP contribution in [-0.2, 0) is 0 Å². The SMILES string of the molecule is Cc1ccc(C(=O)NCC2CCN(C)C2)cc1. The number of amides is 1. The number of nitrogens with zero attached hydrogens (tertiary/aromatic N) is 1. The molecule has 0 aliphatic carbocycles. The Labute approximate surface area is 103 Å². The molecule has 0 spiro atoms. The van der Waals surface area contributed by atoms with Crippen LogP contribution in [0.25, 0.3) is 0 Å². The van der Waals surface area contributed by atoms with E-state index in [1.807, 2.05) is 31.2 Å². The number of benzene rings is 1. The lowest BCUT2D eigenvalue weighted by Gasteiger charge is -2.11. The maximum atomic E-state index is 11.9. The van der Waals surface area contributed by atoms with Gasteiger partial charge in [-0.3, -0.25) is 4.79 Å². The molecule has 1 N–H and O–H groups in total. The molecule has 17 heavy (non-hydrogen) atoms. The summed E-state index contributed by atoms with van der Waals surface area (Å²) in [5.74, 6) is 0.647. The molecule has 0 bridgehead atoms. The van der Waals surface area contributed by atoms with Crippen LogP contribution in [0.1, 0.15) is 22.3 Å². The van der Waals surface area contributed by atoms with Gasteiger partial charge in [0.15, 0.2) is 0 Å². The topological polar surface area (TPSA) is 32.3 Å². The molecular weight excluding hydrogens is 212 g/mol. The van der Waals surface area contributed by atoms with E-state index in [-0.39, 0.29) is 5.91 Å². The van der Waals surface area contributed by atoms with Crippen LogP contribution < -0.4 is 5.32 Å². The normalized spacial score (nSPS) is 20.5. The Hall–Kier alpha value is -1.35. The molecule has 0 saturated carbocycles. The van der Waals surface area contributed by atoms with Crippen molar-refractivity contribution < 1.29 is 4.79 Å². The third kappa shape index (κ3) is 3.30. The summed E-state index contributed by atoms with van der Waals surface area (Å²) >= 11 is 0. The molecule has 1 heterocycles. The summed E-state index contributed by atoms with van der Waals surface area (Å²) in [6.07, 6.45) is 1.19. The van der Waals surface area contributed by atoms with E-state index in [0.717, 1.165) is 25.2 Å². The second kappa shape index (κ2) is 5.32. The fourth-order valence-corrected chi connectivity index (χ4v) is 2.24. The van der Waals surface area contributed by atoms with Gasteiger partial charge < -0.3 is 10.2 Å². The molecule has 1 fully saturated rings. The number of aryl methyl sites for hydroxylation is 1. The number of rotatable bonds is 3. The first-order valence-electron chi connectivity index (χ1n) is 6.18. The predicted molar refractivity (Wildman–Crippen MR) is 69.1 cm³/mol. The van der Waals surface area contributed by atoms with Crippen LogP contribution in [0, 0.1) is 12.8 Å². The molecule has 3 nitrogen and oxygen atoms in total. The van der Waals surface area contributed by atoms with Gasteiger partial charge in [0.1, 0.15) is 0 Å². The molecule has 1 aliphatic rings. The third-order valence-corrected chi connectivity index (χ3v) is 3.35. The molecule has 2 rings (SSSR count). The van der Waals surface area contributed by atoms with E-state index in [0.29, 0.717) is 5.92 Å². The molecule has 0 aromatic heterocycles. The Morgan fingerprint density at radius 3 is 2.71 bits per heavy atom. The van der Waals surface area contributed by atoms with Crippen LogP contribution in [-0.4, -0.2) is 37.5 Å². The van der Waals surface area contributed by atoms with Gasteiger partial charge in [0.25, 0.3) is 5.91 Å². The van der Waals surface area contributed by atoms with Gasteiger partial charge >= 0.3 is 0 Å². The lowest BCUT2D eigenvalue weighted by Crippen LogP contribution is -2.30. The van der Waals surface area contributed by atoms with Gasteiger partial charge in [-0.25, -0.2) is 0 Å². The van der Waals surface area contributed by atoms with Gasteiger partial charge in [-0.05, 0) is 45.0 Å². The molecule has 1 unspecified atom stereocenters. The van der Waals surface area contributed by atoms with Crippen molar-refractivity contribution in [3.8, 4) is 0 Å². The maximum Gasteiger partial charge on any atom is 0.251 e. The minimum atomic E-state index is 0.0413. The van der Waals surface area contributed by atoms with Gasteiger partial charge in [0.05, 0.1) is 0 Å². The van der Waals surface area contributed by atoms with Crippen molar-refractivity contribution in [2.75, 3.05) is 26.7 Å². The summed E-state index contributed by atoms with van der Waals surface area (Å²) in [7, 11) is 2.13.